The quantitative estimate of drug-likeness (QED) is 0.709. The molecule has 0 bridgehead atoms. The molecular formula is C21H27N3O3S. The Morgan fingerprint density at radius 2 is 1.75 bits per heavy atom. The second kappa shape index (κ2) is 8.75. The number of hydrogen-bond acceptors (Lipinski definition) is 3. The number of sulfonamides is 1. The lowest BCUT2D eigenvalue weighted by atomic mass is 10.1. The topological polar surface area (TPSA) is 78.5 Å². The molecule has 0 saturated heterocycles. The van der Waals surface area contributed by atoms with Gasteiger partial charge in [-0.25, -0.2) is 13.2 Å². The average molecular weight is 402 g/mol. The van der Waals surface area contributed by atoms with E-state index in [1.165, 1.54) is 22.0 Å². The maximum atomic E-state index is 12.5. The van der Waals surface area contributed by atoms with Crippen LogP contribution in [0, 0.1) is 0 Å². The fourth-order valence-electron chi connectivity index (χ4n) is 3.00. The smallest absolute Gasteiger partial charge is 0.319 e. The number of benzene rings is 2. The van der Waals surface area contributed by atoms with Gasteiger partial charge in [0.1, 0.15) is 0 Å². The number of carbonyl (C=O) groups excluding carboxylic acids is 1. The third-order valence-electron chi connectivity index (χ3n) is 4.94. The van der Waals surface area contributed by atoms with E-state index >= 15 is 0 Å². The van der Waals surface area contributed by atoms with Crippen molar-refractivity contribution in [2.45, 2.75) is 49.6 Å². The first-order valence-corrected chi connectivity index (χ1v) is 11.0. The zero-order valence-electron chi connectivity index (χ0n) is 16.3. The first kappa shape index (κ1) is 20.4. The molecule has 0 aliphatic heterocycles. The predicted octanol–water partition coefficient (Wildman–Crippen LogP) is 3.61. The lowest BCUT2D eigenvalue weighted by Gasteiger charge is -2.17. The fraction of sp³-hybridized carbons (Fsp3) is 0.381. The summed E-state index contributed by atoms with van der Waals surface area (Å²) in [6, 6.07) is 16.3. The van der Waals surface area contributed by atoms with E-state index in [2.05, 4.69) is 22.8 Å². The molecule has 1 saturated carbocycles. The van der Waals surface area contributed by atoms with Gasteiger partial charge in [0.2, 0.25) is 10.0 Å². The highest BCUT2D eigenvalue weighted by atomic mass is 32.2. The number of nitrogens with one attached hydrogen (secondary N) is 2. The van der Waals surface area contributed by atoms with Gasteiger partial charge in [-0.3, -0.25) is 0 Å². The molecule has 7 heteroatoms. The lowest BCUT2D eigenvalue weighted by Crippen LogP contribution is -2.36. The van der Waals surface area contributed by atoms with Crippen molar-refractivity contribution in [3.63, 3.8) is 0 Å². The number of hydrogen-bond donors (Lipinski definition) is 2. The first-order valence-electron chi connectivity index (χ1n) is 9.56. The molecule has 2 aromatic carbocycles. The fourth-order valence-corrected chi connectivity index (χ4v) is 4.42. The SMILES string of the molecule is CC(CCc1ccccc1)NC(=O)Nc1ccc(S(=O)(=O)N(C)C2CC2)cc1. The van der Waals surface area contributed by atoms with Crippen LogP contribution in [0.2, 0.25) is 0 Å². The standard InChI is InChI=1S/C21H27N3O3S/c1-16(8-9-17-6-4-3-5-7-17)22-21(25)23-18-10-14-20(15-11-18)28(26,27)24(2)19-12-13-19/h3-7,10-11,14-16,19H,8-9,12-13H2,1-2H3,(H2,22,23,25). The summed E-state index contributed by atoms with van der Waals surface area (Å²) in [5.74, 6) is 0. The Kier molecular flexibility index (Phi) is 6.36. The van der Waals surface area contributed by atoms with Gasteiger partial charge in [-0.15, -0.1) is 0 Å². The molecule has 2 aromatic rings. The maximum Gasteiger partial charge on any atom is 0.319 e. The minimum atomic E-state index is -3.47. The molecule has 0 spiro atoms. The molecule has 1 atom stereocenters. The molecule has 0 heterocycles. The van der Waals surface area contributed by atoms with Gasteiger partial charge in [0, 0.05) is 24.8 Å². The van der Waals surface area contributed by atoms with Crippen LogP contribution < -0.4 is 10.6 Å². The monoisotopic (exact) mass is 401 g/mol. The summed E-state index contributed by atoms with van der Waals surface area (Å²) in [6.45, 7) is 1.96. The molecule has 28 heavy (non-hydrogen) atoms. The minimum Gasteiger partial charge on any atom is -0.335 e. The summed E-state index contributed by atoms with van der Waals surface area (Å²) in [5.41, 5.74) is 1.80. The number of carbonyl (C=O) groups is 1. The van der Waals surface area contributed by atoms with Crippen molar-refractivity contribution in [1.29, 1.82) is 0 Å². The predicted molar refractivity (Wildman–Crippen MR) is 111 cm³/mol. The largest absolute Gasteiger partial charge is 0.335 e. The van der Waals surface area contributed by atoms with E-state index in [0.717, 1.165) is 25.7 Å². The van der Waals surface area contributed by atoms with Crippen LogP contribution in [0.3, 0.4) is 0 Å². The number of urea groups is 1. The van der Waals surface area contributed by atoms with E-state index < -0.39 is 10.0 Å². The van der Waals surface area contributed by atoms with Crippen molar-refractivity contribution in [1.82, 2.24) is 9.62 Å². The van der Waals surface area contributed by atoms with Crippen molar-refractivity contribution < 1.29 is 13.2 Å². The summed E-state index contributed by atoms with van der Waals surface area (Å²) in [5, 5.41) is 5.66. The van der Waals surface area contributed by atoms with E-state index in [9.17, 15) is 13.2 Å². The molecule has 2 N–H and O–H groups in total. The molecule has 2 amide bonds. The van der Waals surface area contributed by atoms with Gasteiger partial charge < -0.3 is 10.6 Å². The Morgan fingerprint density at radius 1 is 1.11 bits per heavy atom. The van der Waals surface area contributed by atoms with Crippen molar-refractivity contribution >= 4 is 21.7 Å². The Balaban J connectivity index is 1.50. The first-order chi connectivity index (χ1) is 13.4. The highest BCUT2D eigenvalue weighted by molar-refractivity contribution is 7.89. The highest BCUT2D eigenvalue weighted by Crippen LogP contribution is 2.30. The van der Waals surface area contributed by atoms with Gasteiger partial charge in [-0.05, 0) is 62.4 Å². The van der Waals surface area contributed by atoms with Gasteiger partial charge in [0.05, 0.1) is 4.90 Å². The third-order valence-corrected chi connectivity index (χ3v) is 6.86. The Morgan fingerprint density at radius 3 is 2.36 bits per heavy atom. The summed E-state index contributed by atoms with van der Waals surface area (Å²) in [4.78, 5) is 12.4. The zero-order chi connectivity index (χ0) is 20.1. The van der Waals surface area contributed by atoms with Gasteiger partial charge >= 0.3 is 6.03 Å². The van der Waals surface area contributed by atoms with E-state index in [0.29, 0.717) is 5.69 Å². The van der Waals surface area contributed by atoms with Crippen molar-refractivity contribution in [2.75, 3.05) is 12.4 Å². The van der Waals surface area contributed by atoms with E-state index in [4.69, 9.17) is 0 Å². The normalized spacial score (nSPS) is 15.2. The van der Waals surface area contributed by atoms with Crippen LogP contribution in [-0.4, -0.2) is 37.9 Å². The number of rotatable bonds is 8. The van der Waals surface area contributed by atoms with Crippen LogP contribution in [-0.2, 0) is 16.4 Å². The summed E-state index contributed by atoms with van der Waals surface area (Å²) >= 11 is 0. The Labute approximate surface area is 167 Å². The second-order valence-corrected chi connectivity index (χ2v) is 9.30. The second-order valence-electron chi connectivity index (χ2n) is 7.30. The molecule has 1 fully saturated rings. The van der Waals surface area contributed by atoms with Crippen LogP contribution in [0.1, 0.15) is 31.7 Å². The van der Waals surface area contributed by atoms with E-state index in [1.807, 2.05) is 25.1 Å². The molecule has 0 radical (unpaired) electrons. The van der Waals surface area contributed by atoms with E-state index in [-0.39, 0.29) is 23.0 Å². The third kappa shape index (κ3) is 5.33. The summed E-state index contributed by atoms with van der Waals surface area (Å²) in [7, 11) is -1.85. The van der Waals surface area contributed by atoms with Gasteiger partial charge in [-0.1, -0.05) is 30.3 Å². The molecule has 3 rings (SSSR count). The summed E-state index contributed by atoms with van der Waals surface area (Å²) in [6.07, 6.45) is 3.56. The van der Waals surface area contributed by atoms with Crippen LogP contribution >= 0.6 is 0 Å². The molecule has 1 aliphatic rings. The molecule has 0 aromatic heterocycles. The zero-order valence-corrected chi connectivity index (χ0v) is 17.1. The number of aryl methyl sites for hydroxylation is 1. The average Bonchev–Trinajstić information content (AvgIpc) is 3.52. The highest BCUT2D eigenvalue weighted by Gasteiger charge is 2.34. The molecule has 150 valence electrons. The van der Waals surface area contributed by atoms with Crippen molar-refractivity contribution in [2.24, 2.45) is 0 Å². The van der Waals surface area contributed by atoms with Crippen molar-refractivity contribution in [3.8, 4) is 0 Å². The van der Waals surface area contributed by atoms with Gasteiger partial charge in [0.25, 0.3) is 0 Å². The minimum absolute atomic E-state index is 0.0204. The number of amides is 2. The summed E-state index contributed by atoms with van der Waals surface area (Å²) < 4.78 is 26.4. The molecule has 6 nitrogen and oxygen atoms in total. The van der Waals surface area contributed by atoms with Crippen LogP contribution in [0.25, 0.3) is 0 Å². The Hall–Kier alpha value is -2.38. The molecule has 1 aliphatic carbocycles. The van der Waals surface area contributed by atoms with Gasteiger partial charge in [0.15, 0.2) is 0 Å². The lowest BCUT2D eigenvalue weighted by molar-refractivity contribution is 0.248. The Bertz CT molecular complexity index is 894. The van der Waals surface area contributed by atoms with Crippen LogP contribution in [0.4, 0.5) is 10.5 Å². The number of anilines is 1. The van der Waals surface area contributed by atoms with E-state index in [1.54, 1.807) is 19.2 Å². The van der Waals surface area contributed by atoms with Gasteiger partial charge in [-0.2, -0.15) is 4.31 Å². The van der Waals surface area contributed by atoms with Crippen LogP contribution in [0.15, 0.2) is 59.5 Å². The van der Waals surface area contributed by atoms with Crippen molar-refractivity contribution in [3.05, 3.63) is 60.2 Å². The number of nitrogens with zero attached hydrogens (tertiary/aromatic N) is 1. The molecular weight excluding hydrogens is 374 g/mol. The van der Waals surface area contributed by atoms with Crippen LogP contribution in [0.5, 0.6) is 0 Å². The maximum absolute atomic E-state index is 12.5. The molecule has 1 unspecified atom stereocenters.